The number of hydrogen-bond acceptors (Lipinski definition) is 6. The number of aromatic nitrogens is 1. The van der Waals surface area contributed by atoms with Gasteiger partial charge in [0.2, 0.25) is 0 Å². The van der Waals surface area contributed by atoms with E-state index in [1.165, 1.54) is 35.2 Å². The van der Waals surface area contributed by atoms with Crippen molar-refractivity contribution in [3.05, 3.63) is 82.1 Å². The van der Waals surface area contributed by atoms with Gasteiger partial charge in [0.05, 0.1) is 13.2 Å². The highest BCUT2D eigenvalue weighted by Gasteiger charge is 2.54. The second kappa shape index (κ2) is 14.7. The minimum Gasteiger partial charge on any atom is -0.494 e. The number of carbonyl (C=O) groups is 1. The van der Waals surface area contributed by atoms with Crippen LogP contribution in [0.2, 0.25) is 5.02 Å². The predicted octanol–water partition coefficient (Wildman–Crippen LogP) is 8.53. The van der Waals surface area contributed by atoms with Crippen LogP contribution in [0.1, 0.15) is 93.5 Å². The van der Waals surface area contributed by atoms with Gasteiger partial charge in [0.25, 0.3) is 0 Å². The number of nitrogens with one attached hydrogen (secondary N) is 1. The van der Waals surface area contributed by atoms with Crippen LogP contribution in [-0.2, 0) is 23.1 Å². The first-order valence-electron chi connectivity index (χ1n) is 17.9. The fraction of sp³-hybridized carbons (Fsp3) is 0.550. The predicted molar refractivity (Wildman–Crippen MR) is 193 cm³/mol. The minimum atomic E-state index is -1.05. The Morgan fingerprint density at radius 3 is 2.69 bits per heavy atom. The summed E-state index contributed by atoms with van der Waals surface area (Å²) >= 11 is 6.28. The van der Waals surface area contributed by atoms with Crippen LogP contribution in [-0.4, -0.2) is 60.4 Å². The summed E-state index contributed by atoms with van der Waals surface area (Å²) in [4.78, 5) is 19.8. The van der Waals surface area contributed by atoms with Gasteiger partial charge in [-0.2, -0.15) is 0 Å². The fourth-order valence-corrected chi connectivity index (χ4v) is 8.93. The van der Waals surface area contributed by atoms with Crippen molar-refractivity contribution in [1.82, 2.24) is 9.88 Å². The molecule has 48 heavy (non-hydrogen) atoms. The average Bonchev–Trinajstić information content (AvgIpc) is 3.34. The van der Waals surface area contributed by atoms with Crippen LogP contribution in [0.4, 0.5) is 5.69 Å². The molecule has 2 N–H and O–H groups in total. The molecule has 2 aromatic carbocycles. The largest absolute Gasteiger partial charge is 0.494 e. The highest BCUT2D eigenvalue weighted by atomic mass is 35.5. The SMILES string of the molecule is C[C@@H](COc1ccnc2c1[C@H](C)CCC2)CC1Cc2ccc(OCCCN(C)C)cc2C12CCC(Nc1cccc(Cl)c1)(C(=O)O)CC2. The average molecular weight is 674 g/mol. The van der Waals surface area contributed by atoms with Gasteiger partial charge in [-0.05, 0) is 149 Å². The van der Waals surface area contributed by atoms with Crippen LogP contribution in [0.15, 0.2) is 54.7 Å². The Hall–Kier alpha value is -3.29. The summed E-state index contributed by atoms with van der Waals surface area (Å²) in [6.45, 7) is 6.90. The van der Waals surface area contributed by atoms with Gasteiger partial charge >= 0.3 is 5.97 Å². The minimum absolute atomic E-state index is 0.119. The van der Waals surface area contributed by atoms with Crippen LogP contribution in [0, 0.1) is 11.8 Å². The fourth-order valence-electron chi connectivity index (χ4n) is 8.74. The lowest BCUT2D eigenvalue weighted by atomic mass is 9.59. The van der Waals surface area contributed by atoms with Gasteiger partial charge in [-0.25, -0.2) is 4.79 Å². The van der Waals surface area contributed by atoms with E-state index in [4.69, 9.17) is 21.1 Å². The Labute approximate surface area is 291 Å². The Kier molecular flexibility index (Phi) is 10.6. The maximum Gasteiger partial charge on any atom is 0.329 e. The van der Waals surface area contributed by atoms with Gasteiger partial charge < -0.3 is 24.8 Å². The molecule has 0 radical (unpaired) electrons. The van der Waals surface area contributed by atoms with Gasteiger partial charge in [-0.15, -0.1) is 0 Å². The summed E-state index contributed by atoms with van der Waals surface area (Å²) in [6.07, 6.45) is 10.9. The van der Waals surface area contributed by atoms with Gasteiger partial charge in [0.15, 0.2) is 0 Å². The van der Waals surface area contributed by atoms with Crippen LogP contribution >= 0.6 is 11.6 Å². The van der Waals surface area contributed by atoms with Gasteiger partial charge in [-0.3, -0.25) is 4.98 Å². The Balaban J connectivity index is 1.22. The number of hydrogen-bond donors (Lipinski definition) is 2. The molecule has 3 aliphatic carbocycles. The van der Waals surface area contributed by atoms with Crippen molar-refractivity contribution < 1.29 is 19.4 Å². The van der Waals surface area contributed by atoms with Crippen molar-refractivity contribution in [2.75, 3.05) is 39.2 Å². The lowest BCUT2D eigenvalue weighted by molar-refractivity contribution is -0.144. The Bertz CT molecular complexity index is 1580. The van der Waals surface area contributed by atoms with Gasteiger partial charge in [0, 0.05) is 34.7 Å². The summed E-state index contributed by atoms with van der Waals surface area (Å²) in [5.41, 5.74) is 4.79. The van der Waals surface area contributed by atoms with E-state index < -0.39 is 11.5 Å². The standard InChI is InChI=1S/C40H52ClN3O4/c1-27(26-48-36-14-19-42-35-11-5-8-28(2)37(35)36)22-30-23-29-12-13-33(47-21-7-20-44(3)4)25-34(29)39(30)15-17-40(18-16-39,38(45)46)43-32-10-6-9-31(41)24-32/h6,9-10,12-14,19,24-25,27-28,30,43H,5,7-8,11,15-18,20-23,26H2,1-4H3,(H,45,46)/t27-,28-,30?,39?,40?/m1/s1. The van der Waals surface area contributed by atoms with Gasteiger partial charge in [-0.1, -0.05) is 37.6 Å². The Morgan fingerprint density at radius 2 is 1.94 bits per heavy atom. The molecule has 3 atom stereocenters. The van der Waals surface area contributed by atoms with E-state index in [-0.39, 0.29) is 5.41 Å². The molecule has 1 heterocycles. The zero-order valence-corrected chi connectivity index (χ0v) is 29.8. The van der Waals surface area contributed by atoms with Crippen molar-refractivity contribution in [2.24, 2.45) is 11.8 Å². The van der Waals surface area contributed by atoms with E-state index in [1.807, 2.05) is 36.5 Å². The highest BCUT2D eigenvalue weighted by Crippen LogP contribution is 2.56. The molecule has 1 saturated carbocycles. The third kappa shape index (κ3) is 7.33. The van der Waals surface area contributed by atoms with E-state index in [9.17, 15) is 9.90 Å². The molecule has 7 nitrogen and oxygen atoms in total. The second-order valence-electron chi connectivity index (χ2n) is 15.0. The van der Waals surface area contributed by atoms with Crippen molar-refractivity contribution in [3.63, 3.8) is 0 Å². The van der Waals surface area contributed by atoms with Crippen LogP contribution in [0.3, 0.4) is 0 Å². The highest BCUT2D eigenvalue weighted by molar-refractivity contribution is 6.30. The number of aliphatic carboxylic acids is 1. The molecule has 3 aromatic rings. The summed E-state index contributed by atoms with van der Waals surface area (Å²) in [7, 11) is 4.16. The molecule has 0 saturated heterocycles. The van der Waals surface area contributed by atoms with Crippen LogP contribution < -0.4 is 14.8 Å². The summed E-state index contributed by atoms with van der Waals surface area (Å²) in [5, 5.41) is 14.6. The number of halogens is 1. The molecule has 0 bridgehead atoms. The first kappa shape index (κ1) is 34.6. The molecule has 1 unspecified atom stereocenters. The van der Waals surface area contributed by atoms with E-state index in [0.29, 0.717) is 48.8 Å². The maximum atomic E-state index is 12.9. The zero-order chi connectivity index (χ0) is 33.9. The zero-order valence-electron chi connectivity index (χ0n) is 29.1. The molecule has 1 aromatic heterocycles. The number of rotatable bonds is 13. The lowest BCUT2D eigenvalue weighted by Crippen LogP contribution is -2.53. The number of anilines is 1. The number of carboxylic acid groups (broad SMARTS) is 1. The molecule has 258 valence electrons. The lowest BCUT2D eigenvalue weighted by Gasteiger charge is -2.47. The molecule has 3 aliphatic rings. The van der Waals surface area contributed by atoms with Crippen molar-refractivity contribution >= 4 is 23.3 Å². The van der Waals surface area contributed by atoms with E-state index in [0.717, 1.165) is 62.3 Å². The first-order valence-corrected chi connectivity index (χ1v) is 18.2. The van der Waals surface area contributed by atoms with Crippen molar-refractivity contribution in [1.29, 1.82) is 0 Å². The molecular weight excluding hydrogens is 622 g/mol. The molecule has 6 rings (SSSR count). The smallest absolute Gasteiger partial charge is 0.329 e. The number of fused-ring (bicyclic) bond motifs is 3. The van der Waals surface area contributed by atoms with E-state index in [1.54, 1.807) is 0 Å². The third-order valence-corrected chi connectivity index (χ3v) is 11.5. The van der Waals surface area contributed by atoms with Crippen LogP contribution in [0.25, 0.3) is 0 Å². The number of aryl methyl sites for hydroxylation is 1. The molecule has 1 spiro atoms. The molecular formula is C40H52ClN3O4. The number of ether oxygens (including phenoxy) is 2. The molecule has 0 amide bonds. The van der Waals surface area contributed by atoms with E-state index >= 15 is 0 Å². The monoisotopic (exact) mass is 673 g/mol. The number of pyridine rings is 1. The quantitative estimate of drug-likeness (QED) is 0.176. The molecule has 0 aliphatic heterocycles. The van der Waals surface area contributed by atoms with E-state index in [2.05, 4.69) is 61.3 Å². The topological polar surface area (TPSA) is 83.9 Å². The first-order chi connectivity index (χ1) is 23.1. The summed E-state index contributed by atoms with van der Waals surface area (Å²) in [6, 6.07) is 16.1. The second-order valence-corrected chi connectivity index (χ2v) is 15.5. The maximum absolute atomic E-state index is 12.9. The summed E-state index contributed by atoms with van der Waals surface area (Å²) < 4.78 is 12.8. The van der Waals surface area contributed by atoms with Crippen LogP contribution in [0.5, 0.6) is 11.5 Å². The van der Waals surface area contributed by atoms with Gasteiger partial charge in [0.1, 0.15) is 17.0 Å². The molecule has 1 fully saturated rings. The number of nitrogens with zero attached hydrogens (tertiary/aromatic N) is 2. The number of benzene rings is 2. The Morgan fingerprint density at radius 1 is 1.12 bits per heavy atom. The number of carboxylic acids is 1. The third-order valence-electron chi connectivity index (χ3n) is 11.3. The van der Waals surface area contributed by atoms with Crippen molar-refractivity contribution in [2.45, 2.75) is 94.9 Å². The van der Waals surface area contributed by atoms with Crippen molar-refractivity contribution in [3.8, 4) is 11.5 Å². The molecule has 8 heteroatoms. The summed E-state index contributed by atoms with van der Waals surface area (Å²) in [5.74, 6) is 2.29. The normalized spacial score (nSPS) is 25.4.